The van der Waals surface area contributed by atoms with E-state index in [1.165, 1.54) is 18.9 Å². The fraction of sp³-hybridized carbons (Fsp3) is 0.412. The first-order chi connectivity index (χ1) is 11.7. The number of ether oxygens (including phenoxy) is 1. The van der Waals surface area contributed by atoms with E-state index in [1.807, 2.05) is 0 Å². The van der Waals surface area contributed by atoms with E-state index in [4.69, 9.17) is 15.3 Å². The Bertz CT molecular complexity index is 736. The van der Waals surface area contributed by atoms with Gasteiger partial charge in [-0.2, -0.15) is 0 Å². The Balaban J connectivity index is 0.00000338. The van der Waals surface area contributed by atoms with Crippen molar-refractivity contribution >= 4 is 36.2 Å². The molecule has 2 rings (SSSR count). The largest absolute Gasteiger partial charge is 0.480 e. The predicted octanol–water partition coefficient (Wildman–Crippen LogP) is 2.05. The highest BCUT2D eigenvalue weighted by Gasteiger charge is 2.55. The topological polar surface area (TPSA) is 111 Å². The lowest BCUT2D eigenvalue weighted by molar-refractivity contribution is -0.147. The van der Waals surface area contributed by atoms with Crippen LogP contribution in [0.1, 0.15) is 31.9 Å². The number of carboxylic acids is 1. The summed E-state index contributed by atoms with van der Waals surface area (Å²) >= 11 is 0. The fourth-order valence-electron chi connectivity index (χ4n) is 2.76. The Morgan fingerprint density at radius 3 is 2.31 bits per heavy atom. The number of urea groups is 1. The number of nitrogens with one attached hydrogen (secondary N) is 1. The van der Waals surface area contributed by atoms with Gasteiger partial charge in [0.2, 0.25) is 5.90 Å². The SMILES string of the molecule is CCOC(=N)c1ccc(C2(C)C(=O)N(C(C)C(=O)O)C(=O)N2C)cc1.Cl. The molecule has 9 heteroatoms. The summed E-state index contributed by atoms with van der Waals surface area (Å²) in [7, 11) is 1.46. The molecule has 0 spiro atoms. The van der Waals surface area contributed by atoms with Crippen molar-refractivity contribution in [3.63, 3.8) is 0 Å². The Kier molecular flexibility index (Phi) is 6.38. The van der Waals surface area contributed by atoms with Gasteiger partial charge in [0, 0.05) is 12.6 Å². The van der Waals surface area contributed by atoms with Crippen LogP contribution in [0.5, 0.6) is 0 Å². The van der Waals surface area contributed by atoms with Crippen molar-refractivity contribution in [3.8, 4) is 0 Å². The second-order valence-electron chi connectivity index (χ2n) is 5.94. The first-order valence-electron chi connectivity index (χ1n) is 7.82. The zero-order valence-electron chi connectivity index (χ0n) is 15.0. The number of likely N-dealkylation sites (N-methyl/N-ethyl adjacent to an activating group) is 1. The molecule has 142 valence electrons. The van der Waals surface area contributed by atoms with E-state index in [1.54, 1.807) is 38.1 Å². The summed E-state index contributed by atoms with van der Waals surface area (Å²) in [6.07, 6.45) is 0. The lowest BCUT2D eigenvalue weighted by Crippen LogP contribution is -2.45. The van der Waals surface area contributed by atoms with Crippen LogP contribution in [-0.4, -0.2) is 58.4 Å². The van der Waals surface area contributed by atoms with E-state index < -0.39 is 29.5 Å². The molecule has 1 aromatic rings. The molecule has 1 aliphatic rings. The van der Waals surface area contributed by atoms with Gasteiger partial charge in [-0.1, -0.05) is 12.1 Å². The molecule has 0 bridgehead atoms. The number of hydrogen-bond acceptors (Lipinski definition) is 5. The van der Waals surface area contributed by atoms with Crippen molar-refractivity contribution < 1.29 is 24.2 Å². The number of halogens is 1. The van der Waals surface area contributed by atoms with Crippen LogP contribution in [-0.2, 0) is 19.9 Å². The number of aliphatic carboxylic acids is 1. The number of nitrogens with zero attached hydrogens (tertiary/aromatic N) is 2. The molecule has 1 heterocycles. The quantitative estimate of drug-likeness (QED) is 0.459. The van der Waals surface area contributed by atoms with Crippen LogP contribution < -0.4 is 0 Å². The standard InChI is InChI=1S/C17H21N3O5.ClH/c1-5-25-13(18)11-6-8-12(9-7-11)17(3)15(23)20(10(2)14(21)22)16(24)19(17)4;/h6-10,18H,5H2,1-4H3,(H,21,22);1H. The van der Waals surface area contributed by atoms with Crippen LogP contribution in [0.2, 0.25) is 0 Å². The number of benzene rings is 1. The molecule has 26 heavy (non-hydrogen) atoms. The first kappa shape index (κ1) is 21.4. The van der Waals surface area contributed by atoms with Crippen molar-refractivity contribution in [2.24, 2.45) is 0 Å². The summed E-state index contributed by atoms with van der Waals surface area (Å²) in [5, 5.41) is 16.9. The minimum atomic E-state index is -1.31. The molecule has 1 fully saturated rings. The van der Waals surface area contributed by atoms with E-state index in [-0.39, 0.29) is 18.3 Å². The molecule has 2 N–H and O–H groups in total. The maximum atomic E-state index is 12.8. The molecule has 0 aromatic heterocycles. The third kappa shape index (κ3) is 3.24. The van der Waals surface area contributed by atoms with Crippen molar-refractivity contribution in [1.82, 2.24) is 9.80 Å². The normalized spacial score (nSPS) is 20.6. The molecule has 0 aliphatic carbocycles. The van der Waals surface area contributed by atoms with E-state index in [0.29, 0.717) is 17.7 Å². The van der Waals surface area contributed by atoms with Gasteiger partial charge in [-0.05, 0) is 38.5 Å². The lowest BCUT2D eigenvalue weighted by Gasteiger charge is -2.29. The van der Waals surface area contributed by atoms with E-state index >= 15 is 0 Å². The summed E-state index contributed by atoms with van der Waals surface area (Å²) < 4.78 is 5.13. The number of carbonyl (C=O) groups is 3. The molecular weight excluding hydrogens is 362 g/mol. The number of hydrogen-bond donors (Lipinski definition) is 2. The fourth-order valence-corrected chi connectivity index (χ4v) is 2.76. The number of carbonyl (C=O) groups excluding carboxylic acids is 2. The van der Waals surface area contributed by atoms with Crippen LogP contribution in [0.15, 0.2) is 24.3 Å². The molecule has 2 atom stereocenters. The Morgan fingerprint density at radius 2 is 1.85 bits per heavy atom. The predicted molar refractivity (Wildman–Crippen MR) is 96.6 cm³/mol. The van der Waals surface area contributed by atoms with Gasteiger partial charge in [-0.25, -0.2) is 14.5 Å². The second-order valence-corrected chi connectivity index (χ2v) is 5.94. The van der Waals surface area contributed by atoms with Gasteiger partial charge >= 0.3 is 12.0 Å². The smallest absolute Gasteiger partial charge is 0.328 e. The summed E-state index contributed by atoms with van der Waals surface area (Å²) in [6.45, 7) is 5.02. The lowest BCUT2D eigenvalue weighted by atomic mass is 9.90. The second kappa shape index (κ2) is 7.74. The van der Waals surface area contributed by atoms with Crippen molar-refractivity contribution in [2.75, 3.05) is 13.7 Å². The maximum Gasteiger partial charge on any atom is 0.328 e. The molecule has 1 saturated heterocycles. The van der Waals surface area contributed by atoms with E-state index in [9.17, 15) is 14.4 Å². The Labute approximate surface area is 157 Å². The zero-order chi connectivity index (χ0) is 18.9. The Hall–Kier alpha value is -2.61. The summed E-state index contributed by atoms with van der Waals surface area (Å²) in [6, 6.07) is 4.63. The summed E-state index contributed by atoms with van der Waals surface area (Å²) in [5.41, 5.74) is -0.237. The minimum Gasteiger partial charge on any atom is -0.480 e. The number of amides is 3. The van der Waals surface area contributed by atoms with Crippen molar-refractivity contribution in [2.45, 2.75) is 32.4 Å². The van der Waals surface area contributed by atoms with Crippen LogP contribution in [0.3, 0.4) is 0 Å². The van der Waals surface area contributed by atoms with Crippen molar-refractivity contribution in [3.05, 3.63) is 35.4 Å². The third-order valence-corrected chi connectivity index (χ3v) is 4.54. The van der Waals surface area contributed by atoms with E-state index in [2.05, 4.69) is 0 Å². The minimum absolute atomic E-state index is 0. The van der Waals surface area contributed by atoms with Crippen LogP contribution in [0, 0.1) is 5.41 Å². The highest BCUT2D eigenvalue weighted by molar-refractivity contribution is 6.09. The highest BCUT2D eigenvalue weighted by atomic mass is 35.5. The van der Waals surface area contributed by atoms with Crippen LogP contribution in [0.4, 0.5) is 4.79 Å². The molecular formula is C17H22ClN3O5. The first-order valence-corrected chi connectivity index (χ1v) is 7.82. The van der Waals surface area contributed by atoms with Gasteiger partial charge in [0.1, 0.15) is 11.6 Å². The zero-order valence-corrected chi connectivity index (χ0v) is 15.8. The van der Waals surface area contributed by atoms with Gasteiger partial charge < -0.3 is 14.7 Å². The molecule has 1 aromatic carbocycles. The number of imide groups is 1. The molecule has 8 nitrogen and oxygen atoms in total. The molecule has 0 radical (unpaired) electrons. The van der Waals surface area contributed by atoms with E-state index in [0.717, 1.165) is 4.90 Å². The maximum absolute atomic E-state index is 12.8. The number of rotatable bonds is 5. The summed E-state index contributed by atoms with van der Waals surface area (Å²) in [5.74, 6) is -1.83. The monoisotopic (exact) mass is 383 g/mol. The van der Waals surface area contributed by atoms with Gasteiger partial charge in [0.05, 0.1) is 6.61 Å². The average Bonchev–Trinajstić information content (AvgIpc) is 2.76. The van der Waals surface area contributed by atoms with Gasteiger partial charge in [-0.15, -0.1) is 12.4 Å². The highest BCUT2D eigenvalue weighted by Crippen LogP contribution is 2.37. The van der Waals surface area contributed by atoms with Crippen LogP contribution >= 0.6 is 12.4 Å². The molecule has 3 amide bonds. The number of carboxylic acid groups (broad SMARTS) is 1. The Morgan fingerprint density at radius 1 is 1.31 bits per heavy atom. The third-order valence-electron chi connectivity index (χ3n) is 4.54. The molecule has 2 unspecified atom stereocenters. The van der Waals surface area contributed by atoms with Gasteiger partial charge in [-0.3, -0.25) is 10.2 Å². The van der Waals surface area contributed by atoms with Gasteiger partial charge in [0.25, 0.3) is 5.91 Å². The molecule has 1 aliphatic heterocycles. The summed E-state index contributed by atoms with van der Waals surface area (Å²) in [4.78, 5) is 38.5. The van der Waals surface area contributed by atoms with Crippen LogP contribution in [0.25, 0.3) is 0 Å². The average molecular weight is 384 g/mol. The molecule has 0 saturated carbocycles. The van der Waals surface area contributed by atoms with Crippen molar-refractivity contribution in [1.29, 1.82) is 5.41 Å². The van der Waals surface area contributed by atoms with Gasteiger partial charge in [0.15, 0.2) is 0 Å².